The van der Waals surface area contributed by atoms with E-state index in [1.807, 2.05) is 37.3 Å². The van der Waals surface area contributed by atoms with Crippen LogP contribution in [0.5, 0.6) is 5.75 Å². The molecule has 6 heteroatoms. The van der Waals surface area contributed by atoms with Gasteiger partial charge in [-0.05, 0) is 29.7 Å². The quantitative estimate of drug-likeness (QED) is 0.767. The van der Waals surface area contributed by atoms with E-state index in [-0.39, 0.29) is 24.0 Å². The Kier molecular flexibility index (Phi) is 6.83. The summed E-state index contributed by atoms with van der Waals surface area (Å²) in [7, 11) is 1.44. The smallest absolute Gasteiger partial charge is 0.342 e. The molecule has 1 atom stereocenters. The second-order valence-electron chi connectivity index (χ2n) is 5.54. The van der Waals surface area contributed by atoms with Crippen LogP contribution in [0, 0.1) is 0 Å². The molecular formula is C19H20ClNO4. The zero-order valence-electron chi connectivity index (χ0n) is 14.1. The summed E-state index contributed by atoms with van der Waals surface area (Å²) in [6, 6.07) is 14.5. The summed E-state index contributed by atoms with van der Waals surface area (Å²) in [5.74, 6) is -0.524. The van der Waals surface area contributed by atoms with Gasteiger partial charge in [-0.1, -0.05) is 48.9 Å². The van der Waals surface area contributed by atoms with Crippen LogP contribution in [0.3, 0.4) is 0 Å². The molecule has 5 nitrogen and oxygen atoms in total. The van der Waals surface area contributed by atoms with E-state index in [4.69, 9.17) is 21.1 Å². The molecule has 0 bridgehead atoms. The maximum atomic E-state index is 12.1. The van der Waals surface area contributed by atoms with Gasteiger partial charge >= 0.3 is 5.97 Å². The van der Waals surface area contributed by atoms with Crippen molar-refractivity contribution in [2.24, 2.45) is 0 Å². The molecule has 1 N–H and O–H groups in total. The van der Waals surface area contributed by atoms with Crippen LogP contribution < -0.4 is 10.1 Å². The molecule has 2 aromatic rings. The van der Waals surface area contributed by atoms with Crippen LogP contribution in [0.2, 0.25) is 5.02 Å². The van der Waals surface area contributed by atoms with Crippen LogP contribution in [0.4, 0.5) is 0 Å². The molecule has 0 unspecified atom stereocenters. The lowest BCUT2D eigenvalue weighted by molar-refractivity contribution is -0.124. The Balaban J connectivity index is 1.84. The molecule has 0 aliphatic heterocycles. The van der Waals surface area contributed by atoms with E-state index in [2.05, 4.69) is 5.32 Å². The summed E-state index contributed by atoms with van der Waals surface area (Å²) in [6.07, 6.45) is 0. The van der Waals surface area contributed by atoms with Gasteiger partial charge in [0.05, 0.1) is 7.11 Å². The number of halogens is 1. The Morgan fingerprint density at radius 2 is 1.88 bits per heavy atom. The number of hydrogen-bond donors (Lipinski definition) is 1. The first kappa shape index (κ1) is 18.8. The van der Waals surface area contributed by atoms with Gasteiger partial charge in [0.1, 0.15) is 11.3 Å². The normalized spacial score (nSPS) is 11.5. The Labute approximate surface area is 151 Å². The molecule has 2 aromatic carbocycles. The fourth-order valence-electron chi connectivity index (χ4n) is 2.27. The summed E-state index contributed by atoms with van der Waals surface area (Å²) in [4.78, 5) is 24.0. The Bertz CT molecular complexity index is 733. The van der Waals surface area contributed by atoms with E-state index in [0.29, 0.717) is 17.3 Å². The van der Waals surface area contributed by atoms with Gasteiger partial charge in [0.25, 0.3) is 5.91 Å². The van der Waals surface area contributed by atoms with Gasteiger partial charge in [0.15, 0.2) is 6.61 Å². The first-order chi connectivity index (χ1) is 12.0. The molecule has 0 saturated carbocycles. The van der Waals surface area contributed by atoms with E-state index in [1.165, 1.54) is 13.2 Å². The Hall–Kier alpha value is -2.53. The zero-order valence-corrected chi connectivity index (χ0v) is 14.9. The van der Waals surface area contributed by atoms with Crippen LogP contribution in [-0.2, 0) is 9.53 Å². The van der Waals surface area contributed by atoms with E-state index in [0.717, 1.165) is 5.56 Å². The molecule has 0 fully saturated rings. The summed E-state index contributed by atoms with van der Waals surface area (Å²) < 4.78 is 10.1. The first-order valence-corrected chi connectivity index (χ1v) is 8.21. The molecule has 0 radical (unpaired) electrons. The number of carbonyl (C=O) groups excluding carboxylic acids is 2. The van der Waals surface area contributed by atoms with Gasteiger partial charge in [0, 0.05) is 11.6 Å². The zero-order chi connectivity index (χ0) is 18.2. The molecular weight excluding hydrogens is 342 g/mol. The summed E-state index contributed by atoms with van der Waals surface area (Å²) in [6.45, 7) is 2.11. The van der Waals surface area contributed by atoms with Gasteiger partial charge in [-0.2, -0.15) is 0 Å². The average molecular weight is 362 g/mol. The number of methoxy groups -OCH3 is 1. The van der Waals surface area contributed by atoms with Crippen LogP contribution >= 0.6 is 11.6 Å². The molecule has 25 heavy (non-hydrogen) atoms. The lowest BCUT2D eigenvalue weighted by atomic mass is 10.0. The van der Waals surface area contributed by atoms with Crippen LogP contribution in [0.15, 0.2) is 48.5 Å². The fraction of sp³-hybridized carbons (Fsp3) is 0.263. The van der Waals surface area contributed by atoms with Crippen molar-refractivity contribution in [3.8, 4) is 5.75 Å². The second-order valence-corrected chi connectivity index (χ2v) is 5.97. The number of amides is 1. The second kappa shape index (κ2) is 9.08. The molecule has 0 aliphatic carbocycles. The first-order valence-electron chi connectivity index (χ1n) is 7.83. The Morgan fingerprint density at radius 1 is 1.16 bits per heavy atom. The summed E-state index contributed by atoms with van der Waals surface area (Å²) in [5.41, 5.74) is 1.31. The molecule has 0 spiro atoms. The van der Waals surface area contributed by atoms with Crippen LogP contribution in [-0.4, -0.2) is 32.1 Å². The lowest BCUT2D eigenvalue weighted by Gasteiger charge is -2.13. The number of rotatable bonds is 7. The monoisotopic (exact) mass is 361 g/mol. The van der Waals surface area contributed by atoms with Crippen molar-refractivity contribution < 1.29 is 19.1 Å². The maximum Gasteiger partial charge on any atom is 0.342 e. The number of nitrogens with one attached hydrogen (secondary N) is 1. The highest BCUT2D eigenvalue weighted by molar-refractivity contribution is 6.31. The van der Waals surface area contributed by atoms with Crippen molar-refractivity contribution in [3.63, 3.8) is 0 Å². The molecule has 0 aromatic heterocycles. The minimum absolute atomic E-state index is 0.161. The molecule has 1 amide bonds. The van der Waals surface area contributed by atoms with Crippen molar-refractivity contribution in [1.82, 2.24) is 5.32 Å². The highest BCUT2D eigenvalue weighted by atomic mass is 35.5. The molecule has 0 heterocycles. The lowest BCUT2D eigenvalue weighted by Crippen LogP contribution is -2.31. The highest BCUT2D eigenvalue weighted by Crippen LogP contribution is 2.23. The van der Waals surface area contributed by atoms with Crippen molar-refractivity contribution in [3.05, 3.63) is 64.7 Å². The minimum atomic E-state index is -0.661. The number of benzene rings is 2. The van der Waals surface area contributed by atoms with E-state index >= 15 is 0 Å². The number of hydrogen-bond acceptors (Lipinski definition) is 4. The number of esters is 1. The third kappa shape index (κ3) is 5.50. The largest absolute Gasteiger partial charge is 0.496 e. The van der Waals surface area contributed by atoms with Gasteiger partial charge in [0.2, 0.25) is 0 Å². The predicted molar refractivity (Wildman–Crippen MR) is 96.2 cm³/mol. The van der Waals surface area contributed by atoms with Gasteiger partial charge in [-0.3, -0.25) is 4.79 Å². The van der Waals surface area contributed by atoms with Crippen molar-refractivity contribution >= 4 is 23.5 Å². The van der Waals surface area contributed by atoms with Gasteiger partial charge in [-0.25, -0.2) is 4.79 Å². The number of ether oxygens (including phenoxy) is 2. The topological polar surface area (TPSA) is 64.6 Å². The van der Waals surface area contributed by atoms with E-state index < -0.39 is 5.97 Å². The van der Waals surface area contributed by atoms with Crippen LogP contribution in [0.1, 0.15) is 28.8 Å². The highest BCUT2D eigenvalue weighted by Gasteiger charge is 2.16. The standard InChI is InChI=1S/C19H20ClNO4/c1-13(14-6-4-3-5-7-14)11-21-18(22)12-25-19(23)16-10-15(20)8-9-17(16)24-2/h3-10,13H,11-12H2,1-2H3,(H,21,22)/t13-/m0/s1. The van der Waals surface area contributed by atoms with E-state index in [9.17, 15) is 9.59 Å². The van der Waals surface area contributed by atoms with Gasteiger partial charge in [-0.15, -0.1) is 0 Å². The number of carbonyl (C=O) groups is 2. The fourth-order valence-corrected chi connectivity index (χ4v) is 2.44. The minimum Gasteiger partial charge on any atom is -0.496 e. The van der Waals surface area contributed by atoms with Crippen LogP contribution in [0.25, 0.3) is 0 Å². The maximum absolute atomic E-state index is 12.1. The molecule has 0 saturated heterocycles. The van der Waals surface area contributed by atoms with E-state index in [1.54, 1.807) is 12.1 Å². The summed E-state index contributed by atoms with van der Waals surface area (Å²) >= 11 is 5.88. The van der Waals surface area contributed by atoms with Crippen molar-refractivity contribution in [2.75, 3.05) is 20.3 Å². The van der Waals surface area contributed by atoms with Gasteiger partial charge < -0.3 is 14.8 Å². The average Bonchev–Trinajstić information content (AvgIpc) is 2.64. The SMILES string of the molecule is COc1ccc(Cl)cc1C(=O)OCC(=O)NC[C@H](C)c1ccccc1. The molecule has 132 valence electrons. The summed E-state index contributed by atoms with van der Waals surface area (Å²) in [5, 5.41) is 3.14. The third-order valence-electron chi connectivity index (χ3n) is 3.69. The van der Waals surface area contributed by atoms with Crippen molar-refractivity contribution in [1.29, 1.82) is 0 Å². The Morgan fingerprint density at radius 3 is 2.56 bits per heavy atom. The molecule has 0 aliphatic rings. The third-order valence-corrected chi connectivity index (χ3v) is 3.92. The predicted octanol–water partition coefficient (Wildman–Crippen LogP) is 3.43. The molecule has 2 rings (SSSR count). The van der Waals surface area contributed by atoms with Crippen molar-refractivity contribution in [2.45, 2.75) is 12.8 Å².